The van der Waals surface area contributed by atoms with Crippen LogP contribution in [0.5, 0.6) is 5.75 Å². The number of aromatic nitrogens is 2. The Kier molecular flexibility index (Phi) is 10.5. The molecule has 2 atom stereocenters. The number of nitrogens with zero attached hydrogens (tertiary/aromatic N) is 2. The van der Waals surface area contributed by atoms with E-state index in [4.69, 9.17) is 14.2 Å². The van der Waals surface area contributed by atoms with Gasteiger partial charge in [0.25, 0.3) is 0 Å². The van der Waals surface area contributed by atoms with Crippen molar-refractivity contribution in [2.45, 2.75) is 77.1 Å². The number of nitrogens with one attached hydrogen (secondary N) is 2. The van der Waals surface area contributed by atoms with Gasteiger partial charge >= 0.3 is 12.2 Å². The maximum absolute atomic E-state index is 12.5. The Morgan fingerprint density at radius 3 is 2.00 bits per heavy atom. The largest absolute Gasteiger partial charge is 0.487 e. The molecule has 0 radical (unpaired) electrons. The minimum absolute atomic E-state index is 0.0712. The lowest BCUT2D eigenvalue weighted by molar-refractivity contribution is 0.0500. The molecule has 204 valence electrons. The average molecular weight is 582 g/mol. The zero-order valence-electron chi connectivity index (χ0n) is 22.5. The third kappa shape index (κ3) is 10.8. The van der Waals surface area contributed by atoms with Crippen LogP contribution < -0.4 is 15.4 Å². The number of halogens is 1. The Bertz CT molecular complexity index is 1060. The smallest absolute Gasteiger partial charge is 0.407 e. The van der Waals surface area contributed by atoms with Crippen molar-refractivity contribution in [1.82, 2.24) is 20.4 Å². The van der Waals surface area contributed by atoms with Gasteiger partial charge in [-0.1, -0.05) is 34.1 Å². The second-order valence-electron chi connectivity index (χ2n) is 10.5. The quantitative estimate of drug-likeness (QED) is 0.299. The number of amides is 2. The van der Waals surface area contributed by atoms with Crippen LogP contribution in [-0.2, 0) is 16.1 Å². The summed E-state index contributed by atoms with van der Waals surface area (Å²) in [6.45, 7) is 12.4. The highest BCUT2D eigenvalue weighted by atomic mass is 79.9. The van der Waals surface area contributed by atoms with E-state index < -0.39 is 34.3 Å². The number of ketones is 1. The molecule has 0 aliphatic carbocycles. The molecular formula is C26H37BrN4O6. The first kappa shape index (κ1) is 30.1. The average Bonchev–Trinajstić information content (AvgIpc) is 3.19. The zero-order valence-corrected chi connectivity index (χ0v) is 24.0. The van der Waals surface area contributed by atoms with Crippen LogP contribution in [0.15, 0.2) is 36.4 Å². The van der Waals surface area contributed by atoms with Crippen LogP contribution in [0.3, 0.4) is 0 Å². The first-order valence-electron chi connectivity index (χ1n) is 12.0. The van der Waals surface area contributed by atoms with Crippen molar-refractivity contribution in [3.63, 3.8) is 0 Å². The van der Waals surface area contributed by atoms with E-state index in [1.807, 2.05) is 30.3 Å². The molecule has 11 heteroatoms. The van der Waals surface area contributed by atoms with Crippen LogP contribution in [0.2, 0.25) is 0 Å². The summed E-state index contributed by atoms with van der Waals surface area (Å²) in [6.07, 6.45) is -1.19. The molecule has 2 amide bonds. The Hall–Kier alpha value is -3.08. The monoisotopic (exact) mass is 580 g/mol. The van der Waals surface area contributed by atoms with Crippen molar-refractivity contribution in [2.75, 3.05) is 13.1 Å². The van der Waals surface area contributed by atoms with Crippen LogP contribution in [0.25, 0.3) is 0 Å². The van der Waals surface area contributed by atoms with Crippen molar-refractivity contribution in [3.8, 4) is 5.75 Å². The molecule has 0 saturated heterocycles. The third-order valence-electron chi connectivity index (χ3n) is 4.70. The van der Waals surface area contributed by atoms with Gasteiger partial charge in [-0.3, -0.25) is 9.48 Å². The van der Waals surface area contributed by atoms with Gasteiger partial charge in [0.15, 0.2) is 5.78 Å². The Morgan fingerprint density at radius 1 is 0.946 bits per heavy atom. The lowest BCUT2D eigenvalue weighted by Crippen LogP contribution is -2.43. The number of benzene rings is 1. The SMILES string of the molecule is CC(=O)c1cc(COc2ccccc2)nn1C(CNC(=O)OC(C)(C)C)C(Br)CNC(=O)OC(C)(C)C. The predicted molar refractivity (Wildman–Crippen MR) is 143 cm³/mol. The fourth-order valence-corrected chi connectivity index (χ4v) is 3.78. The van der Waals surface area contributed by atoms with Crippen molar-refractivity contribution in [1.29, 1.82) is 0 Å². The van der Waals surface area contributed by atoms with Gasteiger partial charge in [0.2, 0.25) is 0 Å². The molecule has 0 aliphatic rings. The third-order valence-corrected chi connectivity index (χ3v) is 5.64. The van der Waals surface area contributed by atoms with E-state index in [1.54, 1.807) is 52.3 Å². The second-order valence-corrected chi connectivity index (χ2v) is 11.6. The second kappa shape index (κ2) is 12.9. The summed E-state index contributed by atoms with van der Waals surface area (Å²) in [6, 6.07) is 10.4. The molecule has 37 heavy (non-hydrogen) atoms. The molecule has 2 unspecified atom stereocenters. The lowest BCUT2D eigenvalue weighted by Gasteiger charge is -2.27. The Labute approximate surface area is 226 Å². The molecule has 0 saturated carbocycles. The number of hydrogen-bond donors (Lipinski definition) is 2. The number of rotatable bonds is 10. The number of alkyl halides is 1. The molecule has 2 N–H and O–H groups in total. The van der Waals surface area contributed by atoms with Gasteiger partial charge < -0.3 is 24.8 Å². The summed E-state index contributed by atoms with van der Waals surface area (Å²) in [5.41, 5.74) is -0.453. The molecule has 0 spiro atoms. The predicted octanol–water partition coefficient (Wildman–Crippen LogP) is 5.02. The van der Waals surface area contributed by atoms with E-state index in [0.29, 0.717) is 17.1 Å². The van der Waals surface area contributed by atoms with Crippen LogP contribution in [-0.4, -0.2) is 56.9 Å². The molecular weight excluding hydrogens is 544 g/mol. The first-order valence-corrected chi connectivity index (χ1v) is 12.9. The molecule has 1 heterocycles. The summed E-state index contributed by atoms with van der Waals surface area (Å²) in [4.78, 5) is 36.7. The van der Waals surface area contributed by atoms with Gasteiger partial charge in [0, 0.05) is 20.0 Å². The number of carbonyl (C=O) groups is 3. The molecule has 0 bridgehead atoms. The van der Waals surface area contributed by atoms with E-state index in [9.17, 15) is 14.4 Å². The van der Waals surface area contributed by atoms with Crippen LogP contribution >= 0.6 is 15.9 Å². The number of para-hydroxylation sites is 1. The van der Waals surface area contributed by atoms with Crippen molar-refractivity contribution >= 4 is 33.9 Å². The van der Waals surface area contributed by atoms with Gasteiger partial charge in [0.05, 0.1) is 10.9 Å². The summed E-state index contributed by atoms with van der Waals surface area (Å²) >= 11 is 3.60. The number of alkyl carbamates (subject to hydrolysis) is 2. The Morgan fingerprint density at radius 2 is 1.49 bits per heavy atom. The van der Waals surface area contributed by atoms with E-state index in [1.165, 1.54) is 6.92 Å². The summed E-state index contributed by atoms with van der Waals surface area (Å²) in [5.74, 6) is 0.463. The molecule has 0 fully saturated rings. The molecule has 10 nitrogen and oxygen atoms in total. The minimum Gasteiger partial charge on any atom is -0.487 e. The normalized spacial score (nSPS) is 13.3. The van der Waals surface area contributed by atoms with Crippen LogP contribution in [0, 0.1) is 0 Å². The van der Waals surface area contributed by atoms with Crippen LogP contribution in [0.4, 0.5) is 9.59 Å². The van der Waals surface area contributed by atoms with E-state index >= 15 is 0 Å². The topological polar surface area (TPSA) is 121 Å². The summed E-state index contributed by atoms with van der Waals surface area (Å²) in [5, 5.41) is 10.1. The standard InChI is InChI=1S/C26H37BrN4O6/c1-17(32)21-13-18(16-35-19-11-9-8-10-12-19)30-31(21)22(15-29-24(34)37-26(5,6)7)20(27)14-28-23(33)36-25(2,3)4/h8-13,20,22H,14-16H2,1-7H3,(H,28,33)(H,29,34). The Balaban J connectivity index is 2.26. The fourth-order valence-electron chi connectivity index (χ4n) is 3.21. The lowest BCUT2D eigenvalue weighted by atomic mass is 10.1. The molecule has 2 aromatic rings. The van der Waals surface area contributed by atoms with E-state index in [-0.39, 0.29) is 25.5 Å². The van der Waals surface area contributed by atoms with Crippen LogP contribution in [0.1, 0.15) is 70.7 Å². The molecule has 0 aliphatic heterocycles. The highest BCUT2D eigenvalue weighted by Crippen LogP contribution is 2.23. The maximum Gasteiger partial charge on any atom is 0.407 e. The number of ether oxygens (including phenoxy) is 3. The van der Waals surface area contributed by atoms with E-state index in [0.717, 1.165) is 0 Å². The summed E-state index contributed by atoms with van der Waals surface area (Å²) < 4.78 is 18.0. The first-order chi connectivity index (χ1) is 17.1. The molecule has 1 aromatic heterocycles. The number of Topliss-reactive ketones (excluding diaryl/α,β-unsaturated/α-hetero) is 1. The van der Waals surface area contributed by atoms with Crippen molar-refractivity contribution < 1.29 is 28.6 Å². The number of carbonyl (C=O) groups excluding carboxylic acids is 3. The fraction of sp³-hybridized carbons (Fsp3) is 0.538. The zero-order chi connectivity index (χ0) is 27.8. The van der Waals surface area contributed by atoms with Crippen molar-refractivity contribution in [2.24, 2.45) is 0 Å². The van der Waals surface area contributed by atoms with Gasteiger partial charge in [-0.15, -0.1) is 0 Å². The highest BCUT2D eigenvalue weighted by molar-refractivity contribution is 9.09. The number of hydrogen-bond acceptors (Lipinski definition) is 7. The minimum atomic E-state index is -0.677. The highest BCUT2D eigenvalue weighted by Gasteiger charge is 2.29. The summed E-state index contributed by atoms with van der Waals surface area (Å²) in [7, 11) is 0. The maximum atomic E-state index is 12.5. The van der Waals surface area contributed by atoms with E-state index in [2.05, 4.69) is 31.7 Å². The molecule has 2 rings (SSSR count). The van der Waals surface area contributed by atoms with Gasteiger partial charge in [-0.25, -0.2) is 9.59 Å². The van der Waals surface area contributed by atoms with Gasteiger partial charge in [0.1, 0.15) is 34.9 Å². The van der Waals surface area contributed by atoms with Gasteiger partial charge in [-0.2, -0.15) is 5.10 Å². The van der Waals surface area contributed by atoms with Crippen molar-refractivity contribution in [3.05, 3.63) is 47.8 Å². The van der Waals surface area contributed by atoms with Gasteiger partial charge in [-0.05, 0) is 59.7 Å². The molecule has 1 aromatic carbocycles.